The van der Waals surface area contributed by atoms with E-state index in [0.717, 1.165) is 87.8 Å². The molecule has 0 aromatic carbocycles. The van der Waals surface area contributed by atoms with E-state index in [0.29, 0.717) is 100 Å². The topological polar surface area (TPSA) is 208 Å². The van der Waals surface area contributed by atoms with Crippen LogP contribution in [0.3, 0.4) is 0 Å². The summed E-state index contributed by atoms with van der Waals surface area (Å²) in [6, 6.07) is 11.3. The van der Waals surface area contributed by atoms with Crippen LogP contribution in [0, 0.1) is 0 Å². The number of likely N-dealkylation sites (tertiary alicyclic amines) is 2. The fourth-order valence-corrected chi connectivity index (χ4v) is 9.24. The second kappa shape index (κ2) is 27.0. The predicted octanol–water partition coefficient (Wildman–Crippen LogP) is 7.93. The van der Waals surface area contributed by atoms with Crippen LogP contribution in [-0.4, -0.2) is 151 Å². The van der Waals surface area contributed by atoms with Crippen LogP contribution in [-0.2, 0) is 43.4 Å². The molecule has 6 atom stereocenters. The minimum atomic E-state index is -0.767. The molecule has 6 saturated heterocycles. The number of hydrogen-bond acceptors (Lipinski definition) is 15. The van der Waals surface area contributed by atoms with Gasteiger partial charge in [0, 0.05) is 83.4 Å². The molecule has 0 radical (unpaired) electrons. The Labute approximate surface area is 422 Å². The highest BCUT2D eigenvalue weighted by Gasteiger charge is 2.29. The Kier molecular flexibility index (Phi) is 21.2. The average Bonchev–Trinajstić information content (AvgIpc) is 4.17. The quantitative estimate of drug-likeness (QED) is 0.131. The van der Waals surface area contributed by atoms with Gasteiger partial charge in [0.05, 0.1) is 43.5 Å². The number of aliphatic hydroxyl groups is 1. The third-order valence-corrected chi connectivity index (χ3v) is 12.7. The van der Waals surface area contributed by atoms with Crippen molar-refractivity contribution in [3.63, 3.8) is 0 Å². The number of hydrogen-bond donors (Lipinski definition) is 5. The summed E-state index contributed by atoms with van der Waals surface area (Å²) in [5.41, 5.74) is 10.4. The Balaban J connectivity index is 0.000000168. The van der Waals surface area contributed by atoms with Crippen molar-refractivity contribution in [1.29, 1.82) is 0 Å². The van der Waals surface area contributed by atoms with Crippen LogP contribution in [0.1, 0.15) is 132 Å². The molecule has 72 heavy (non-hydrogen) atoms. The number of anilines is 3. The molecule has 0 bridgehead atoms. The molecule has 6 aliphatic rings. The number of aliphatic hydroxyl groups excluding tert-OH is 1. The van der Waals surface area contributed by atoms with Gasteiger partial charge >= 0.3 is 12.2 Å². The molecule has 0 saturated carbocycles. The van der Waals surface area contributed by atoms with Gasteiger partial charge in [-0.25, -0.2) is 37.7 Å². The molecule has 9 rings (SSSR count). The third-order valence-electron chi connectivity index (χ3n) is 12.7. The number of rotatable bonds is 10. The molecule has 3 aromatic rings. The van der Waals surface area contributed by atoms with Crippen LogP contribution in [0.4, 0.5) is 40.2 Å². The minimum absolute atomic E-state index is 0.171. The van der Waals surface area contributed by atoms with Gasteiger partial charge in [0.25, 0.3) is 0 Å². The summed E-state index contributed by atoms with van der Waals surface area (Å²) in [4.78, 5) is 41.3. The average molecular weight is 1010 g/mol. The molecule has 0 aliphatic carbocycles. The molecular formula is C52H78F3N9O8. The molecule has 2 amide bonds. The zero-order valence-corrected chi connectivity index (χ0v) is 43.0. The van der Waals surface area contributed by atoms with E-state index in [1.807, 2.05) is 39.0 Å². The molecule has 9 heterocycles. The molecule has 6 N–H and O–H groups in total. The fraction of sp³-hybridized carbons (Fsp3) is 0.673. The Morgan fingerprint density at radius 2 is 1.08 bits per heavy atom. The normalized spacial score (nSPS) is 24.4. The molecule has 400 valence electrons. The van der Waals surface area contributed by atoms with Gasteiger partial charge in [0.2, 0.25) is 0 Å². The van der Waals surface area contributed by atoms with Crippen LogP contribution < -0.4 is 21.7 Å². The van der Waals surface area contributed by atoms with Gasteiger partial charge in [-0.05, 0) is 122 Å². The van der Waals surface area contributed by atoms with Crippen LogP contribution in [0.5, 0.6) is 0 Å². The number of alkyl halides is 3. The zero-order valence-electron chi connectivity index (χ0n) is 43.0. The summed E-state index contributed by atoms with van der Waals surface area (Å²) in [5, 5.41) is 17.6. The number of ether oxygens (including phenoxy) is 5. The third kappa shape index (κ3) is 18.7. The van der Waals surface area contributed by atoms with E-state index in [1.165, 1.54) is 5.56 Å². The highest BCUT2D eigenvalue weighted by atomic mass is 19.1. The SMILES string of the molecule is CC(C)(C)OC(=O)Nc1ccc(C2CCOC2)c(CN2CC[C@H](F)C2)n1.CC(C)(C)OC(=O)Nc1ccc(C2CCOC2)c(CO)n1.F[C@H]1CCNC1.Nc1ccc(C2CCOC2)c(CN2CC[C@H](F)C2)n1. The Morgan fingerprint density at radius 3 is 1.43 bits per heavy atom. The molecule has 6 fully saturated rings. The first-order chi connectivity index (χ1) is 34.3. The van der Waals surface area contributed by atoms with Gasteiger partial charge in [-0.1, -0.05) is 18.2 Å². The standard InChI is InChI=1S/C19H28FN3O3.C15H22N2O4.C14H20FN3O.C4H8FN/c1-19(2,3)26-18(24)22-17-5-4-15(13-7-9-25-12-13)16(21-17)11-23-8-6-14(20)10-23;1-15(2,3)21-14(19)17-13-5-4-11(12(8-18)16-13)10-6-7-20-9-10;15-11-3-5-18(7-11)8-13-12(1-2-14(16)17-13)10-4-6-19-9-10;5-4-1-2-6-3-4/h4-5,13-14H,6-12H2,1-3H3,(H,21,22,24);4-5,10,18H,6-9H2,1-3H3,(H,16,17,19);1-2,10-11H,3-9H2,(H2,16,17);4,6H,1-3H2/t13?,14-;;10?,11-;4-/m0.00/s1. The molecular weight excluding hydrogens is 936 g/mol. The van der Waals surface area contributed by atoms with Crippen molar-refractivity contribution in [2.24, 2.45) is 0 Å². The second-order valence-corrected chi connectivity index (χ2v) is 21.2. The Morgan fingerprint density at radius 1 is 0.653 bits per heavy atom. The number of aromatic nitrogens is 3. The summed E-state index contributed by atoms with van der Waals surface area (Å²) in [6.45, 7) is 20.2. The van der Waals surface area contributed by atoms with Gasteiger partial charge in [0.1, 0.15) is 47.2 Å². The monoisotopic (exact) mass is 1010 g/mol. The lowest BCUT2D eigenvalue weighted by Gasteiger charge is -2.21. The lowest BCUT2D eigenvalue weighted by atomic mass is 9.96. The van der Waals surface area contributed by atoms with Gasteiger partial charge in [-0.3, -0.25) is 20.4 Å². The molecule has 20 heteroatoms. The second-order valence-electron chi connectivity index (χ2n) is 21.2. The minimum Gasteiger partial charge on any atom is -0.444 e. The van der Waals surface area contributed by atoms with Crippen LogP contribution in [0.15, 0.2) is 36.4 Å². The zero-order chi connectivity index (χ0) is 51.8. The Hall–Kier alpha value is -4.70. The number of amides is 2. The van der Waals surface area contributed by atoms with E-state index >= 15 is 0 Å². The maximum absolute atomic E-state index is 13.5. The number of pyridine rings is 3. The first-order valence-electron chi connectivity index (χ1n) is 25.5. The summed E-state index contributed by atoms with van der Waals surface area (Å²) in [5.74, 6) is 2.33. The van der Waals surface area contributed by atoms with Crippen molar-refractivity contribution in [3.8, 4) is 0 Å². The van der Waals surface area contributed by atoms with Crippen molar-refractivity contribution in [1.82, 2.24) is 30.1 Å². The number of nitrogens with two attached hydrogens (primary N) is 1. The maximum atomic E-state index is 13.5. The van der Waals surface area contributed by atoms with Gasteiger partial charge in [-0.15, -0.1) is 0 Å². The lowest BCUT2D eigenvalue weighted by Crippen LogP contribution is -2.28. The summed E-state index contributed by atoms with van der Waals surface area (Å²) >= 11 is 0. The summed E-state index contributed by atoms with van der Waals surface area (Å²) in [6.07, 6.45) is 1.70. The van der Waals surface area contributed by atoms with Crippen molar-refractivity contribution >= 4 is 29.6 Å². The van der Waals surface area contributed by atoms with E-state index in [2.05, 4.69) is 46.8 Å². The number of carbonyl (C=O) groups is 2. The smallest absolute Gasteiger partial charge is 0.413 e. The van der Waals surface area contributed by atoms with E-state index in [-0.39, 0.29) is 12.5 Å². The summed E-state index contributed by atoms with van der Waals surface area (Å²) < 4.78 is 65.4. The lowest BCUT2D eigenvalue weighted by molar-refractivity contribution is 0.0623. The van der Waals surface area contributed by atoms with E-state index < -0.39 is 41.9 Å². The van der Waals surface area contributed by atoms with Crippen molar-refractivity contribution in [2.45, 2.75) is 147 Å². The molecule has 6 aliphatic heterocycles. The largest absolute Gasteiger partial charge is 0.444 e. The maximum Gasteiger partial charge on any atom is 0.413 e. The van der Waals surface area contributed by atoms with Crippen molar-refractivity contribution in [3.05, 3.63) is 70.2 Å². The van der Waals surface area contributed by atoms with Gasteiger partial charge in [-0.2, -0.15) is 0 Å². The Bertz CT molecular complexity index is 2180. The molecule has 17 nitrogen and oxygen atoms in total. The van der Waals surface area contributed by atoms with Crippen molar-refractivity contribution in [2.75, 3.05) is 95.3 Å². The van der Waals surface area contributed by atoms with Crippen LogP contribution >= 0.6 is 0 Å². The molecule has 3 aromatic heterocycles. The van der Waals surface area contributed by atoms with E-state index in [4.69, 9.17) is 29.4 Å². The highest BCUT2D eigenvalue weighted by Crippen LogP contribution is 2.32. The summed E-state index contributed by atoms with van der Waals surface area (Å²) in [7, 11) is 0. The van der Waals surface area contributed by atoms with Crippen LogP contribution in [0.2, 0.25) is 0 Å². The highest BCUT2D eigenvalue weighted by molar-refractivity contribution is 5.84. The molecule has 0 spiro atoms. The number of nitrogen functional groups attached to an aromatic ring is 1. The van der Waals surface area contributed by atoms with E-state index in [9.17, 15) is 27.9 Å². The predicted molar refractivity (Wildman–Crippen MR) is 269 cm³/mol. The van der Waals surface area contributed by atoms with E-state index in [1.54, 1.807) is 32.9 Å². The van der Waals surface area contributed by atoms with Gasteiger partial charge in [0.15, 0.2) is 0 Å². The number of nitrogens with one attached hydrogen (secondary N) is 3. The molecule has 3 unspecified atom stereocenters. The fourth-order valence-electron chi connectivity index (χ4n) is 9.24. The van der Waals surface area contributed by atoms with Crippen molar-refractivity contribution < 1.29 is 51.6 Å². The number of carbonyl (C=O) groups excluding carboxylic acids is 2. The van der Waals surface area contributed by atoms with Gasteiger partial charge < -0.3 is 39.8 Å². The first-order valence-corrected chi connectivity index (χ1v) is 25.5. The number of nitrogens with zero attached hydrogens (tertiary/aromatic N) is 5. The number of halogens is 3. The van der Waals surface area contributed by atoms with Crippen LogP contribution in [0.25, 0.3) is 0 Å². The first kappa shape index (κ1) is 56.6.